The Kier molecular flexibility index (Phi) is 8.55. The predicted molar refractivity (Wildman–Crippen MR) is 159 cm³/mol. The van der Waals surface area contributed by atoms with E-state index < -0.39 is 18.0 Å². The van der Waals surface area contributed by atoms with Crippen molar-refractivity contribution in [2.75, 3.05) is 19.5 Å². The molecule has 41 heavy (non-hydrogen) atoms. The van der Waals surface area contributed by atoms with E-state index in [1.54, 1.807) is 11.8 Å². The van der Waals surface area contributed by atoms with Gasteiger partial charge in [-0.05, 0) is 92.7 Å². The third-order valence-electron chi connectivity index (χ3n) is 8.71. The van der Waals surface area contributed by atoms with Gasteiger partial charge in [0, 0.05) is 22.3 Å². The average Bonchev–Trinajstić information content (AvgIpc) is 3.56. The molecule has 1 N–H and O–H groups in total. The van der Waals surface area contributed by atoms with Crippen molar-refractivity contribution in [1.82, 2.24) is 0 Å². The molecular formula is C34H36O6S. The Morgan fingerprint density at radius 2 is 1.68 bits per heavy atom. The first-order chi connectivity index (χ1) is 19.7. The summed E-state index contributed by atoms with van der Waals surface area (Å²) >= 11 is 1.64. The Balaban J connectivity index is 1.41. The number of ether oxygens (including phenoxy) is 2. The number of carbonyl (C=O) groups excluding carboxylic acids is 2. The first kappa shape index (κ1) is 28.9. The van der Waals surface area contributed by atoms with Crippen molar-refractivity contribution < 1.29 is 29.0 Å². The van der Waals surface area contributed by atoms with E-state index in [1.165, 1.54) is 0 Å². The van der Waals surface area contributed by atoms with E-state index in [2.05, 4.69) is 0 Å². The van der Waals surface area contributed by atoms with Gasteiger partial charge in [0.05, 0.1) is 5.41 Å². The second-order valence-corrected chi connectivity index (χ2v) is 12.2. The number of aliphatic carboxylic acids is 1. The average molecular weight is 573 g/mol. The van der Waals surface area contributed by atoms with Crippen molar-refractivity contribution in [3.8, 4) is 11.5 Å². The van der Waals surface area contributed by atoms with Crippen LogP contribution in [0.25, 0.3) is 0 Å². The number of rotatable bonds is 11. The van der Waals surface area contributed by atoms with Crippen molar-refractivity contribution in [2.45, 2.75) is 44.4 Å². The van der Waals surface area contributed by atoms with Crippen molar-refractivity contribution in [2.24, 2.45) is 23.2 Å². The second-order valence-electron chi connectivity index (χ2n) is 11.4. The Morgan fingerprint density at radius 3 is 2.32 bits per heavy atom. The van der Waals surface area contributed by atoms with Gasteiger partial charge in [0.15, 0.2) is 12.4 Å². The highest BCUT2D eigenvalue weighted by Gasteiger charge is 2.66. The lowest BCUT2D eigenvalue weighted by Crippen LogP contribution is -2.26. The summed E-state index contributed by atoms with van der Waals surface area (Å²) in [5.41, 5.74) is 2.95. The number of hydrogen-bond acceptors (Lipinski definition) is 6. The fourth-order valence-corrected chi connectivity index (χ4v) is 6.95. The molecule has 2 aliphatic carbocycles. The molecule has 2 fully saturated rings. The summed E-state index contributed by atoms with van der Waals surface area (Å²) in [7, 11) is 0. The molecule has 0 heterocycles. The smallest absolute Gasteiger partial charge is 0.341 e. The van der Waals surface area contributed by atoms with Crippen LogP contribution in [0.15, 0.2) is 71.6 Å². The van der Waals surface area contributed by atoms with Gasteiger partial charge in [-0.1, -0.05) is 42.5 Å². The SMILES string of the molecule is CSc1ccc(C(=O)[C@@H]2CCC3(COc4ccccc4)C(=O)C3C[C@H]2Cc2cc(C)c(OCC(=O)O)c(C)c2)cc1. The topological polar surface area (TPSA) is 89.9 Å². The first-order valence-electron chi connectivity index (χ1n) is 14.1. The minimum absolute atomic E-state index is 0.0117. The highest BCUT2D eigenvalue weighted by Crippen LogP contribution is 2.59. The van der Waals surface area contributed by atoms with Crippen LogP contribution in [0.5, 0.6) is 11.5 Å². The number of thioether (sulfide) groups is 1. The summed E-state index contributed by atoms with van der Waals surface area (Å²) in [4.78, 5) is 39.4. The molecule has 2 unspecified atom stereocenters. The van der Waals surface area contributed by atoms with Crippen molar-refractivity contribution in [1.29, 1.82) is 0 Å². The van der Waals surface area contributed by atoms with Crippen LogP contribution in [-0.4, -0.2) is 42.1 Å². The van der Waals surface area contributed by atoms with Gasteiger partial charge in [-0.25, -0.2) is 4.79 Å². The van der Waals surface area contributed by atoms with E-state index >= 15 is 0 Å². The number of hydrogen-bond donors (Lipinski definition) is 1. The zero-order valence-electron chi connectivity index (χ0n) is 23.7. The van der Waals surface area contributed by atoms with Crippen LogP contribution in [0.3, 0.4) is 0 Å². The number of carbonyl (C=O) groups is 3. The number of Topliss-reactive ketones (excluding diaryl/α,β-unsaturated/α-hetero) is 2. The molecule has 0 spiro atoms. The molecule has 5 rings (SSSR count). The Hall–Kier alpha value is -3.58. The zero-order chi connectivity index (χ0) is 29.1. The lowest BCUT2D eigenvalue weighted by molar-refractivity contribution is -0.139. The molecule has 3 aromatic carbocycles. The van der Waals surface area contributed by atoms with Gasteiger partial charge in [-0.3, -0.25) is 9.59 Å². The molecule has 7 heteroatoms. The Morgan fingerprint density at radius 1 is 1.00 bits per heavy atom. The molecular weight excluding hydrogens is 536 g/mol. The summed E-state index contributed by atoms with van der Waals surface area (Å²) in [6.07, 6.45) is 4.58. The van der Waals surface area contributed by atoms with Crippen LogP contribution in [0.4, 0.5) is 0 Å². The Bertz CT molecular complexity index is 1410. The van der Waals surface area contributed by atoms with Crippen LogP contribution in [0, 0.1) is 37.0 Å². The third-order valence-corrected chi connectivity index (χ3v) is 9.45. The largest absolute Gasteiger partial charge is 0.493 e. The molecule has 6 nitrogen and oxygen atoms in total. The fourth-order valence-electron chi connectivity index (χ4n) is 6.54. The predicted octanol–water partition coefficient (Wildman–Crippen LogP) is 6.59. The normalized spacial score (nSPS) is 23.3. The molecule has 0 aromatic heterocycles. The van der Waals surface area contributed by atoms with E-state index in [-0.39, 0.29) is 29.3 Å². The molecule has 2 aliphatic rings. The second kappa shape index (κ2) is 12.1. The van der Waals surface area contributed by atoms with Crippen molar-refractivity contribution in [3.05, 3.63) is 89.0 Å². The minimum Gasteiger partial charge on any atom is -0.493 e. The maximum atomic E-state index is 14.0. The highest BCUT2D eigenvalue weighted by molar-refractivity contribution is 7.98. The number of aryl methyl sites for hydroxylation is 2. The van der Waals surface area contributed by atoms with E-state index in [4.69, 9.17) is 14.6 Å². The maximum absolute atomic E-state index is 14.0. The highest BCUT2D eigenvalue weighted by atomic mass is 32.2. The number of ketones is 2. The molecule has 214 valence electrons. The van der Waals surface area contributed by atoms with Gasteiger partial charge in [0.2, 0.25) is 0 Å². The summed E-state index contributed by atoms with van der Waals surface area (Å²) in [6.45, 7) is 3.76. The van der Waals surface area contributed by atoms with E-state index in [0.29, 0.717) is 43.6 Å². The van der Waals surface area contributed by atoms with Gasteiger partial charge < -0.3 is 14.6 Å². The molecule has 0 bridgehead atoms. The lowest BCUT2D eigenvalue weighted by Gasteiger charge is -2.26. The van der Waals surface area contributed by atoms with E-state index in [9.17, 15) is 14.4 Å². The zero-order valence-corrected chi connectivity index (χ0v) is 24.5. The summed E-state index contributed by atoms with van der Waals surface area (Å²) < 4.78 is 11.6. The van der Waals surface area contributed by atoms with Crippen molar-refractivity contribution in [3.63, 3.8) is 0 Å². The fraction of sp³-hybridized carbons (Fsp3) is 0.382. The quantitative estimate of drug-likeness (QED) is 0.205. The van der Waals surface area contributed by atoms with Crippen LogP contribution < -0.4 is 9.47 Å². The van der Waals surface area contributed by atoms with Crippen molar-refractivity contribution >= 4 is 29.3 Å². The maximum Gasteiger partial charge on any atom is 0.341 e. The van der Waals surface area contributed by atoms with Gasteiger partial charge >= 0.3 is 5.97 Å². The molecule has 0 saturated heterocycles. The first-order valence-corrected chi connectivity index (χ1v) is 15.3. The third kappa shape index (κ3) is 6.20. The van der Waals surface area contributed by atoms with Gasteiger partial charge in [-0.2, -0.15) is 0 Å². The monoisotopic (exact) mass is 572 g/mol. The number of fused-ring (bicyclic) bond motifs is 1. The van der Waals surface area contributed by atoms with Gasteiger partial charge in [0.25, 0.3) is 0 Å². The number of carboxylic acid groups (broad SMARTS) is 1. The van der Waals surface area contributed by atoms with Gasteiger partial charge in [-0.15, -0.1) is 11.8 Å². The van der Waals surface area contributed by atoms with Crippen LogP contribution in [-0.2, 0) is 16.0 Å². The standard InChI is InChI=1S/C34H36O6S/c1-21-15-23(16-22(2)32(21)39-19-30(35)36)17-25-18-29-33(38)34(29,20-40-26-7-5-4-6-8-26)14-13-28(25)31(37)24-9-11-27(41-3)12-10-24/h4-12,15-16,25,28-29H,13-14,17-20H2,1-3H3,(H,35,36)/t25-,28-,29?,34?/m1/s1. The van der Waals surface area contributed by atoms with Crippen LogP contribution in [0.2, 0.25) is 0 Å². The van der Waals surface area contributed by atoms with E-state index in [0.717, 1.165) is 27.3 Å². The van der Waals surface area contributed by atoms with Gasteiger partial charge in [0.1, 0.15) is 23.9 Å². The van der Waals surface area contributed by atoms with E-state index in [1.807, 2.05) is 86.8 Å². The van der Waals surface area contributed by atoms with Crippen LogP contribution >= 0.6 is 11.8 Å². The number of carboxylic acids is 1. The molecule has 3 aromatic rings. The minimum atomic E-state index is -1.02. The molecule has 2 saturated carbocycles. The lowest BCUT2D eigenvalue weighted by atomic mass is 9.77. The summed E-state index contributed by atoms with van der Waals surface area (Å²) in [5.74, 6) is 0.339. The molecule has 4 atom stereocenters. The molecule has 0 amide bonds. The van der Waals surface area contributed by atoms with Crippen LogP contribution in [0.1, 0.15) is 46.3 Å². The number of para-hydroxylation sites is 1. The summed E-state index contributed by atoms with van der Waals surface area (Å²) in [5, 5.41) is 9.04. The summed E-state index contributed by atoms with van der Waals surface area (Å²) in [6, 6.07) is 21.4. The number of benzene rings is 3. The Labute approximate surface area is 245 Å². The molecule has 0 aliphatic heterocycles. The molecule has 0 radical (unpaired) electrons.